The molecule has 0 radical (unpaired) electrons. The van der Waals surface area contributed by atoms with Crippen LogP contribution >= 0.6 is 0 Å². The highest BCUT2D eigenvalue weighted by molar-refractivity contribution is 5.23. The summed E-state index contributed by atoms with van der Waals surface area (Å²) >= 11 is 0. The lowest BCUT2D eigenvalue weighted by atomic mass is 10.1. The van der Waals surface area contributed by atoms with Crippen molar-refractivity contribution in [3.8, 4) is 0 Å². The zero-order chi connectivity index (χ0) is 18.2. The molecule has 0 atom stereocenters. The van der Waals surface area contributed by atoms with E-state index in [9.17, 15) is 0 Å². The monoisotopic (exact) mass is 343 g/mol. The normalized spacial score (nSPS) is 11.0. The van der Waals surface area contributed by atoms with Gasteiger partial charge in [0.25, 0.3) is 0 Å². The standard InChI is InChI=1S/C25H29N/c1-21-8-12-23(13-9-21)16-18-26(20-25-6-4-3-5-7-25)19-17-24-14-10-22(2)11-15-24/h3-15H,16-20H2,1-2H3. The molecule has 0 spiro atoms. The number of benzene rings is 3. The lowest BCUT2D eigenvalue weighted by Crippen LogP contribution is -2.28. The fourth-order valence-electron chi connectivity index (χ4n) is 3.20. The SMILES string of the molecule is Cc1ccc(CCN(CCc2ccc(C)cc2)Cc2ccccc2)cc1. The van der Waals surface area contributed by atoms with Gasteiger partial charge >= 0.3 is 0 Å². The summed E-state index contributed by atoms with van der Waals surface area (Å²) in [5.74, 6) is 0. The molecule has 0 aromatic heterocycles. The van der Waals surface area contributed by atoms with Crippen LogP contribution in [0.15, 0.2) is 78.9 Å². The van der Waals surface area contributed by atoms with Crippen LogP contribution in [0.25, 0.3) is 0 Å². The van der Waals surface area contributed by atoms with Crippen LogP contribution in [0.1, 0.15) is 27.8 Å². The highest BCUT2D eigenvalue weighted by Crippen LogP contribution is 2.11. The third-order valence-electron chi connectivity index (χ3n) is 4.92. The van der Waals surface area contributed by atoms with E-state index >= 15 is 0 Å². The number of hydrogen-bond acceptors (Lipinski definition) is 1. The molecule has 0 unspecified atom stereocenters. The van der Waals surface area contributed by atoms with Crippen molar-refractivity contribution in [1.82, 2.24) is 4.90 Å². The topological polar surface area (TPSA) is 3.24 Å². The van der Waals surface area contributed by atoms with Crippen molar-refractivity contribution in [2.45, 2.75) is 33.2 Å². The van der Waals surface area contributed by atoms with Crippen molar-refractivity contribution >= 4 is 0 Å². The Morgan fingerprint density at radius 3 is 1.46 bits per heavy atom. The van der Waals surface area contributed by atoms with Crippen molar-refractivity contribution in [2.24, 2.45) is 0 Å². The summed E-state index contributed by atoms with van der Waals surface area (Å²) in [6, 6.07) is 28.7. The van der Waals surface area contributed by atoms with Gasteiger partial charge in [0.2, 0.25) is 0 Å². The first-order chi connectivity index (χ1) is 12.7. The van der Waals surface area contributed by atoms with E-state index < -0.39 is 0 Å². The Labute approximate surface area is 158 Å². The van der Waals surface area contributed by atoms with E-state index in [4.69, 9.17) is 0 Å². The van der Waals surface area contributed by atoms with Crippen LogP contribution in [0.4, 0.5) is 0 Å². The van der Waals surface area contributed by atoms with E-state index in [1.54, 1.807) is 0 Å². The van der Waals surface area contributed by atoms with Crippen LogP contribution in [0.2, 0.25) is 0 Å². The van der Waals surface area contributed by atoms with Crippen LogP contribution in [-0.4, -0.2) is 18.0 Å². The molecule has 26 heavy (non-hydrogen) atoms. The number of rotatable bonds is 8. The van der Waals surface area contributed by atoms with Gasteiger partial charge in [-0.05, 0) is 43.4 Å². The lowest BCUT2D eigenvalue weighted by Gasteiger charge is -2.23. The second-order valence-corrected chi connectivity index (χ2v) is 7.23. The smallest absolute Gasteiger partial charge is 0.0233 e. The molecular weight excluding hydrogens is 314 g/mol. The van der Waals surface area contributed by atoms with Gasteiger partial charge in [-0.15, -0.1) is 0 Å². The minimum absolute atomic E-state index is 1.01. The summed E-state index contributed by atoms with van der Waals surface area (Å²) in [6.07, 6.45) is 2.20. The fraction of sp³-hybridized carbons (Fsp3) is 0.280. The predicted octanol–water partition coefficient (Wildman–Crippen LogP) is 5.59. The molecule has 0 bridgehead atoms. The molecule has 0 saturated heterocycles. The highest BCUT2D eigenvalue weighted by atomic mass is 15.1. The lowest BCUT2D eigenvalue weighted by molar-refractivity contribution is 0.272. The van der Waals surface area contributed by atoms with Gasteiger partial charge in [0.15, 0.2) is 0 Å². The molecule has 3 rings (SSSR count). The van der Waals surface area contributed by atoms with Crippen molar-refractivity contribution in [3.05, 3.63) is 107 Å². The van der Waals surface area contributed by atoms with Gasteiger partial charge in [0.1, 0.15) is 0 Å². The average molecular weight is 344 g/mol. The first-order valence-corrected chi connectivity index (χ1v) is 9.56. The van der Waals surface area contributed by atoms with E-state index in [0.29, 0.717) is 0 Å². The van der Waals surface area contributed by atoms with Gasteiger partial charge < -0.3 is 0 Å². The van der Waals surface area contributed by atoms with E-state index in [2.05, 4.69) is 97.6 Å². The summed E-state index contributed by atoms with van der Waals surface area (Å²) in [6.45, 7) is 7.48. The Hall–Kier alpha value is -2.38. The Balaban J connectivity index is 1.62. The zero-order valence-corrected chi connectivity index (χ0v) is 16.0. The van der Waals surface area contributed by atoms with E-state index in [0.717, 1.165) is 32.5 Å². The van der Waals surface area contributed by atoms with E-state index in [1.807, 2.05) is 0 Å². The quantitative estimate of drug-likeness (QED) is 0.515. The molecular formula is C25H29N. The summed E-state index contributed by atoms with van der Waals surface area (Å²) in [7, 11) is 0. The van der Waals surface area contributed by atoms with Gasteiger partial charge in [-0.2, -0.15) is 0 Å². The first kappa shape index (κ1) is 18.4. The third kappa shape index (κ3) is 5.86. The molecule has 0 fully saturated rings. The van der Waals surface area contributed by atoms with Crippen LogP contribution in [-0.2, 0) is 19.4 Å². The molecule has 3 aromatic rings. The van der Waals surface area contributed by atoms with Gasteiger partial charge in [0, 0.05) is 19.6 Å². The minimum atomic E-state index is 1.01. The molecule has 0 saturated carbocycles. The Morgan fingerprint density at radius 2 is 1.00 bits per heavy atom. The summed E-state index contributed by atoms with van der Waals surface area (Å²) in [4.78, 5) is 2.58. The molecule has 0 aliphatic rings. The number of nitrogens with zero attached hydrogens (tertiary/aromatic N) is 1. The second-order valence-electron chi connectivity index (χ2n) is 7.23. The molecule has 1 heteroatoms. The average Bonchev–Trinajstić information content (AvgIpc) is 2.67. The predicted molar refractivity (Wildman–Crippen MR) is 111 cm³/mol. The van der Waals surface area contributed by atoms with Crippen LogP contribution in [0.3, 0.4) is 0 Å². The number of aryl methyl sites for hydroxylation is 2. The Morgan fingerprint density at radius 1 is 0.538 bits per heavy atom. The van der Waals surface area contributed by atoms with Gasteiger partial charge in [-0.25, -0.2) is 0 Å². The molecule has 0 N–H and O–H groups in total. The second kappa shape index (κ2) is 9.35. The summed E-state index contributed by atoms with van der Waals surface area (Å²) in [5.41, 5.74) is 6.89. The maximum atomic E-state index is 2.58. The summed E-state index contributed by atoms with van der Waals surface area (Å²) < 4.78 is 0. The van der Waals surface area contributed by atoms with Crippen molar-refractivity contribution < 1.29 is 0 Å². The Bertz CT molecular complexity index is 723. The van der Waals surface area contributed by atoms with E-state index in [1.165, 1.54) is 27.8 Å². The van der Waals surface area contributed by atoms with Crippen LogP contribution in [0, 0.1) is 13.8 Å². The molecule has 0 heterocycles. The van der Waals surface area contributed by atoms with Gasteiger partial charge in [-0.1, -0.05) is 90.0 Å². The maximum Gasteiger partial charge on any atom is 0.0233 e. The van der Waals surface area contributed by atoms with E-state index in [-0.39, 0.29) is 0 Å². The molecule has 1 nitrogen and oxygen atoms in total. The van der Waals surface area contributed by atoms with Gasteiger partial charge in [-0.3, -0.25) is 4.90 Å². The maximum absolute atomic E-state index is 2.58. The molecule has 0 amide bonds. The largest absolute Gasteiger partial charge is 0.298 e. The number of hydrogen-bond donors (Lipinski definition) is 0. The van der Waals surface area contributed by atoms with Crippen LogP contribution in [0.5, 0.6) is 0 Å². The highest BCUT2D eigenvalue weighted by Gasteiger charge is 2.07. The minimum Gasteiger partial charge on any atom is -0.298 e. The molecule has 0 aliphatic heterocycles. The van der Waals surface area contributed by atoms with Crippen molar-refractivity contribution in [2.75, 3.05) is 13.1 Å². The van der Waals surface area contributed by atoms with Gasteiger partial charge in [0.05, 0.1) is 0 Å². The zero-order valence-electron chi connectivity index (χ0n) is 16.0. The molecule has 3 aromatic carbocycles. The van der Waals surface area contributed by atoms with Crippen LogP contribution < -0.4 is 0 Å². The first-order valence-electron chi connectivity index (χ1n) is 9.56. The fourth-order valence-corrected chi connectivity index (χ4v) is 3.20. The molecule has 0 aliphatic carbocycles. The summed E-state index contributed by atoms with van der Waals surface area (Å²) in [5, 5.41) is 0. The third-order valence-corrected chi connectivity index (χ3v) is 4.92. The van der Waals surface area contributed by atoms with Crippen molar-refractivity contribution in [1.29, 1.82) is 0 Å². The Kier molecular flexibility index (Phi) is 6.62. The van der Waals surface area contributed by atoms with Crippen molar-refractivity contribution in [3.63, 3.8) is 0 Å². The molecule has 134 valence electrons.